The van der Waals surface area contributed by atoms with Crippen LogP contribution >= 0.6 is 0 Å². The number of rotatable bonds is 2. The minimum absolute atomic E-state index is 0.193. The first-order chi connectivity index (χ1) is 26.0. The van der Waals surface area contributed by atoms with Crippen molar-refractivity contribution in [3.63, 3.8) is 0 Å². The largest absolute Gasteiger partial charge is 0.456 e. The molecule has 0 fully saturated rings. The van der Waals surface area contributed by atoms with Crippen molar-refractivity contribution in [3.05, 3.63) is 175 Å². The molecule has 2 aromatic heterocycles. The van der Waals surface area contributed by atoms with Gasteiger partial charge in [0.1, 0.15) is 11.2 Å². The number of fused-ring (bicyclic) bond motifs is 16. The molecule has 0 atom stereocenters. The van der Waals surface area contributed by atoms with Gasteiger partial charge in [-0.25, -0.2) is 0 Å². The van der Waals surface area contributed by atoms with Gasteiger partial charge < -0.3 is 8.98 Å². The maximum Gasteiger partial charge on any atom is 0.136 e. The minimum Gasteiger partial charge on any atom is -0.456 e. The number of aromatic nitrogens is 1. The van der Waals surface area contributed by atoms with Crippen LogP contribution < -0.4 is 0 Å². The molecular weight excluding hydrogens is 643 g/mol. The third-order valence-electron chi connectivity index (χ3n) is 12.1. The van der Waals surface area contributed by atoms with Gasteiger partial charge >= 0.3 is 0 Å². The van der Waals surface area contributed by atoms with Gasteiger partial charge in [0.2, 0.25) is 0 Å². The van der Waals surface area contributed by atoms with Gasteiger partial charge in [-0.3, -0.25) is 0 Å². The zero-order valence-electron chi connectivity index (χ0n) is 29.4. The predicted molar refractivity (Wildman–Crippen MR) is 224 cm³/mol. The third-order valence-corrected chi connectivity index (χ3v) is 12.1. The molecule has 0 saturated heterocycles. The van der Waals surface area contributed by atoms with Crippen LogP contribution in [0.2, 0.25) is 0 Å². The standard InChI is InChI=1S/C51H33NO/c1-51(2)44-28-43-38-15-8-10-18-47(38)53-48(43)29-42(44)39-25-26-46-49(50(39)51)40-16-7-9-17-45(40)52(46)32-22-19-30(20-23-32)31-21-24-37-35-13-4-3-11-33(35)34-12-5-6-14-36(34)41(37)27-31/h3-29H,1-2H3. The van der Waals surface area contributed by atoms with E-state index in [9.17, 15) is 0 Å². The highest BCUT2D eigenvalue weighted by Gasteiger charge is 2.39. The normalized spacial score (nSPS) is 13.6. The molecule has 9 aromatic carbocycles. The number of benzene rings is 9. The lowest BCUT2D eigenvalue weighted by atomic mass is 9.80. The van der Waals surface area contributed by atoms with Gasteiger partial charge in [-0.15, -0.1) is 0 Å². The molecule has 2 heteroatoms. The first kappa shape index (κ1) is 29.0. The average molecular weight is 676 g/mol. The zero-order valence-corrected chi connectivity index (χ0v) is 29.4. The Morgan fingerprint density at radius 2 is 1.02 bits per heavy atom. The number of hydrogen-bond donors (Lipinski definition) is 0. The fourth-order valence-electron chi connectivity index (χ4n) is 9.75. The molecule has 0 unspecified atom stereocenters. The van der Waals surface area contributed by atoms with Crippen molar-refractivity contribution < 1.29 is 4.42 Å². The SMILES string of the molecule is CC1(C)c2cc3c(cc2-c2ccc4c(c21)c1ccccc1n4-c1ccc(-c2ccc4c5ccccc5c5ccccc5c4c2)cc1)oc1ccccc13. The molecule has 0 bridgehead atoms. The first-order valence-electron chi connectivity index (χ1n) is 18.5. The lowest BCUT2D eigenvalue weighted by Gasteiger charge is -2.23. The summed E-state index contributed by atoms with van der Waals surface area (Å²) in [5.41, 5.74) is 13.1. The van der Waals surface area contributed by atoms with E-state index in [4.69, 9.17) is 4.42 Å². The third kappa shape index (κ3) is 3.82. The van der Waals surface area contributed by atoms with E-state index in [1.54, 1.807) is 0 Å². The first-order valence-corrected chi connectivity index (χ1v) is 18.5. The van der Waals surface area contributed by atoms with E-state index in [1.165, 1.54) is 98.3 Å². The molecule has 0 amide bonds. The summed E-state index contributed by atoms with van der Waals surface area (Å²) in [5.74, 6) is 0. The molecule has 12 rings (SSSR count). The molecule has 1 aliphatic carbocycles. The van der Waals surface area contributed by atoms with Gasteiger partial charge in [0, 0.05) is 32.6 Å². The van der Waals surface area contributed by atoms with E-state index < -0.39 is 0 Å². The summed E-state index contributed by atoms with van der Waals surface area (Å²) in [6.45, 7) is 4.78. The summed E-state index contributed by atoms with van der Waals surface area (Å²) in [4.78, 5) is 0. The number of hydrogen-bond acceptors (Lipinski definition) is 1. The molecule has 0 aliphatic heterocycles. The smallest absolute Gasteiger partial charge is 0.136 e. The van der Waals surface area contributed by atoms with Crippen LogP contribution in [-0.4, -0.2) is 4.57 Å². The Labute approximate surface area is 306 Å². The van der Waals surface area contributed by atoms with Crippen molar-refractivity contribution in [1.82, 2.24) is 4.57 Å². The molecule has 248 valence electrons. The van der Waals surface area contributed by atoms with Crippen LogP contribution in [-0.2, 0) is 5.41 Å². The molecule has 0 radical (unpaired) electrons. The van der Waals surface area contributed by atoms with Gasteiger partial charge in [-0.1, -0.05) is 129 Å². The van der Waals surface area contributed by atoms with Crippen molar-refractivity contribution in [2.45, 2.75) is 19.3 Å². The van der Waals surface area contributed by atoms with E-state index in [1.807, 2.05) is 6.07 Å². The highest BCUT2D eigenvalue weighted by molar-refractivity contribution is 6.26. The predicted octanol–water partition coefficient (Wildman–Crippen LogP) is 14.1. The highest BCUT2D eigenvalue weighted by atomic mass is 16.3. The van der Waals surface area contributed by atoms with Gasteiger partial charge in [0.05, 0.1) is 11.0 Å². The molecule has 53 heavy (non-hydrogen) atoms. The summed E-state index contributed by atoms with van der Waals surface area (Å²) in [5, 5.41) is 12.8. The Bertz CT molecular complexity index is 3320. The van der Waals surface area contributed by atoms with Gasteiger partial charge in [0.15, 0.2) is 0 Å². The monoisotopic (exact) mass is 675 g/mol. The van der Waals surface area contributed by atoms with E-state index in [0.29, 0.717) is 0 Å². The summed E-state index contributed by atoms with van der Waals surface area (Å²) in [7, 11) is 0. The molecular formula is C51H33NO. The van der Waals surface area contributed by atoms with Crippen molar-refractivity contribution in [2.75, 3.05) is 0 Å². The molecule has 11 aromatic rings. The van der Waals surface area contributed by atoms with E-state index in [-0.39, 0.29) is 5.41 Å². The summed E-state index contributed by atoms with van der Waals surface area (Å²) < 4.78 is 8.83. The maximum absolute atomic E-state index is 6.37. The Hall–Kier alpha value is -6.64. The molecule has 2 nitrogen and oxygen atoms in total. The van der Waals surface area contributed by atoms with E-state index in [2.05, 4.69) is 176 Å². The quantitative estimate of drug-likeness (QED) is 0.167. The van der Waals surface area contributed by atoms with Crippen LogP contribution in [0.25, 0.3) is 104 Å². The summed E-state index contributed by atoms with van der Waals surface area (Å²) >= 11 is 0. The Balaban J connectivity index is 1.02. The Morgan fingerprint density at radius 1 is 0.415 bits per heavy atom. The van der Waals surface area contributed by atoms with Gasteiger partial charge in [0.25, 0.3) is 0 Å². The molecule has 0 N–H and O–H groups in total. The van der Waals surface area contributed by atoms with Crippen LogP contribution in [0, 0.1) is 0 Å². The number of nitrogens with zero attached hydrogens (tertiary/aromatic N) is 1. The van der Waals surface area contributed by atoms with Crippen LogP contribution in [0.15, 0.2) is 168 Å². The highest BCUT2D eigenvalue weighted by Crippen LogP contribution is 2.54. The lowest BCUT2D eigenvalue weighted by molar-refractivity contribution is 0.662. The van der Waals surface area contributed by atoms with Crippen LogP contribution in [0.4, 0.5) is 0 Å². The second-order valence-corrected chi connectivity index (χ2v) is 15.3. The molecule has 2 heterocycles. The van der Waals surface area contributed by atoms with Gasteiger partial charge in [-0.2, -0.15) is 0 Å². The fraction of sp³-hybridized carbons (Fsp3) is 0.0588. The van der Waals surface area contributed by atoms with E-state index >= 15 is 0 Å². The maximum atomic E-state index is 6.37. The van der Waals surface area contributed by atoms with Crippen LogP contribution in [0.3, 0.4) is 0 Å². The number of para-hydroxylation sites is 2. The minimum atomic E-state index is -0.193. The molecule has 1 aliphatic rings. The zero-order chi connectivity index (χ0) is 35.0. The van der Waals surface area contributed by atoms with Crippen molar-refractivity contribution in [2.24, 2.45) is 0 Å². The topological polar surface area (TPSA) is 18.1 Å². The second kappa shape index (κ2) is 10.2. The molecule has 0 saturated carbocycles. The van der Waals surface area contributed by atoms with Gasteiger partial charge in [-0.05, 0) is 114 Å². The summed E-state index contributed by atoms with van der Waals surface area (Å²) in [6.07, 6.45) is 0. The average Bonchev–Trinajstić information content (AvgIpc) is 3.82. The van der Waals surface area contributed by atoms with E-state index in [0.717, 1.165) is 16.9 Å². The Kier molecular flexibility index (Phi) is 5.60. The van der Waals surface area contributed by atoms with Crippen molar-refractivity contribution in [1.29, 1.82) is 0 Å². The van der Waals surface area contributed by atoms with Crippen LogP contribution in [0.5, 0.6) is 0 Å². The van der Waals surface area contributed by atoms with Crippen molar-refractivity contribution in [3.8, 4) is 27.9 Å². The fourth-order valence-corrected chi connectivity index (χ4v) is 9.75. The Morgan fingerprint density at radius 3 is 1.75 bits per heavy atom. The van der Waals surface area contributed by atoms with Crippen molar-refractivity contribution >= 4 is 76.1 Å². The lowest BCUT2D eigenvalue weighted by Crippen LogP contribution is -2.15. The summed E-state index contributed by atoms with van der Waals surface area (Å²) in [6, 6.07) is 60.3. The number of furan rings is 1. The molecule has 0 spiro atoms. The van der Waals surface area contributed by atoms with Crippen LogP contribution in [0.1, 0.15) is 25.0 Å². The second-order valence-electron chi connectivity index (χ2n) is 15.3.